The molecule has 2 aliphatic rings. The van der Waals surface area contributed by atoms with Crippen molar-refractivity contribution in [3.63, 3.8) is 0 Å². The number of ether oxygens (including phenoxy) is 1. The fourth-order valence-corrected chi connectivity index (χ4v) is 5.03. The molecule has 4 rings (SSSR count). The molecule has 2 aromatic rings. The molecule has 2 heterocycles. The van der Waals surface area contributed by atoms with E-state index in [0.29, 0.717) is 35.3 Å². The molecular weight excluding hydrogens is 471 g/mol. The van der Waals surface area contributed by atoms with Gasteiger partial charge in [0.1, 0.15) is 11.3 Å². The number of hydrogen-bond acceptors (Lipinski definition) is 5. The summed E-state index contributed by atoms with van der Waals surface area (Å²) in [5, 5.41) is 4.46. The molecule has 1 atom stereocenters. The second-order valence-electron chi connectivity index (χ2n) is 8.29. The summed E-state index contributed by atoms with van der Waals surface area (Å²) < 4.78 is 5.48. The maximum atomic E-state index is 13.9. The van der Waals surface area contributed by atoms with Gasteiger partial charge in [-0.05, 0) is 61.7 Å². The number of esters is 1. The standard InChI is InChI=1S/C24H26Cl2N2O3.ClH/c1-16(29)31-22-6-4-5-19-18(22)9-10-27-24(19,15-28-11-2-3-12-28)23(30)14-17-7-8-20(25)21(26)13-17;/h4-8,13,27H,2-3,9-12,14-15H2,1H3;1H. The molecule has 0 spiro atoms. The van der Waals surface area contributed by atoms with Crippen molar-refractivity contribution in [2.24, 2.45) is 0 Å². The van der Waals surface area contributed by atoms with Gasteiger partial charge in [0.05, 0.1) is 10.0 Å². The Hall–Kier alpha value is -1.63. The van der Waals surface area contributed by atoms with Gasteiger partial charge in [0.15, 0.2) is 5.78 Å². The van der Waals surface area contributed by atoms with E-state index in [1.165, 1.54) is 6.92 Å². The lowest BCUT2D eigenvalue weighted by Crippen LogP contribution is -2.59. The van der Waals surface area contributed by atoms with Crippen molar-refractivity contribution in [2.45, 2.75) is 38.1 Å². The minimum absolute atomic E-state index is 0. The summed E-state index contributed by atoms with van der Waals surface area (Å²) in [6, 6.07) is 11.0. The highest BCUT2D eigenvalue weighted by Crippen LogP contribution is 2.37. The third-order valence-electron chi connectivity index (χ3n) is 6.13. The number of carbonyl (C=O) groups excluding carboxylic acids is 2. The van der Waals surface area contributed by atoms with Gasteiger partial charge >= 0.3 is 5.97 Å². The van der Waals surface area contributed by atoms with E-state index in [4.69, 9.17) is 27.9 Å². The number of carbonyl (C=O) groups is 2. The quantitative estimate of drug-likeness (QED) is 0.467. The van der Waals surface area contributed by atoms with E-state index in [-0.39, 0.29) is 30.6 Å². The number of halogens is 3. The Morgan fingerprint density at radius 3 is 2.56 bits per heavy atom. The monoisotopic (exact) mass is 496 g/mol. The number of hydrogen-bond donors (Lipinski definition) is 1. The van der Waals surface area contributed by atoms with Gasteiger partial charge in [0, 0.05) is 32.0 Å². The first-order chi connectivity index (χ1) is 14.9. The van der Waals surface area contributed by atoms with Crippen LogP contribution in [0.25, 0.3) is 0 Å². The van der Waals surface area contributed by atoms with E-state index in [0.717, 1.165) is 42.6 Å². The van der Waals surface area contributed by atoms with Gasteiger partial charge in [-0.3, -0.25) is 14.9 Å². The lowest BCUT2D eigenvalue weighted by molar-refractivity contribution is -0.131. The molecule has 1 N–H and O–H groups in total. The zero-order chi connectivity index (χ0) is 22.0. The highest BCUT2D eigenvalue weighted by molar-refractivity contribution is 6.42. The van der Waals surface area contributed by atoms with Crippen molar-refractivity contribution in [2.75, 3.05) is 26.2 Å². The number of nitrogens with zero attached hydrogens (tertiary/aromatic N) is 1. The van der Waals surface area contributed by atoms with Gasteiger partial charge in [0.2, 0.25) is 0 Å². The second kappa shape index (κ2) is 10.5. The van der Waals surface area contributed by atoms with Gasteiger partial charge in [-0.2, -0.15) is 0 Å². The Kier molecular flexibility index (Phi) is 8.23. The predicted octanol–water partition coefficient (Wildman–Crippen LogP) is 4.59. The van der Waals surface area contributed by atoms with Gasteiger partial charge in [-0.15, -0.1) is 12.4 Å². The summed E-state index contributed by atoms with van der Waals surface area (Å²) in [6.45, 7) is 4.56. The number of nitrogens with one attached hydrogen (secondary N) is 1. The lowest BCUT2D eigenvalue weighted by atomic mass is 9.76. The molecule has 0 amide bonds. The summed E-state index contributed by atoms with van der Waals surface area (Å²) in [6.07, 6.45) is 3.20. The van der Waals surface area contributed by atoms with Crippen LogP contribution in [-0.2, 0) is 28.0 Å². The highest BCUT2D eigenvalue weighted by atomic mass is 35.5. The zero-order valence-electron chi connectivity index (χ0n) is 18.0. The first kappa shape index (κ1) is 25.0. The first-order valence-electron chi connectivity index (χ1n) is 10.6. The molecule has 172 valence electrons. The van der Waals surface area contributed by atoms with Crippen molar-refractivity contribution in [3.8, 4) is 5.75 Å². The van der Waals surface area contributed by atoms with Crippen molar-refractivity contribution < 1.29 is 14.3 Å². The molecular formula is C24H27Cl3N2O3. The van der Waals surface area contributed by atoms with Crippen LogP contribution in [0.2, 0.25) is 10.0 Å². The Morgan fingerprint density at radius 2 is 1.88 bits per heavy atom. The summed E-state index contributed by atoms with van der Waals surface area (Å²) in [5.41, 5.74) is 1.78. The molecule has 1 fully saturated rings. The third-order valence-corrected chi connectivity index (χ3v) is 6.87. The van der Waals surface area contributed by atoms with Crippen molar-refractivity contribution >= 4 is 47.4 Å². The number of fused-ring (bicyclic) bond motifs is 1. The number of likely N-dealkylation sites (tertiary alicyclic amines) is 1. The van der Waals surface area contributed by atoms with Crippen molar-refractivity contribution in [3.05, 3.63) is 63.1 Å². The Bertz CT molecular complexity index is 1010. The molecule has 2 aromatic carbocycles. The second-order valence-corrected chi connectivity index (χ2v) is 9.10. The van der Waals surface area contributed by atoms with Crippen LogP contribution in [-0.4, -0.2) is 42.8 Å². The van der Waals surface area contributed by atoms with Crippen LogP contribution in [0.5, 0.6) is 5.75 Å². The van der Waals surface area contributed by atoms with Crippen LogP contribution in [0, 0.1) is 0 Å². The maximum absolute atomic E-state index is 13.9. The average molecular weight is 498 g/mol. The minimum Gasteiger partial charge on any atom is -0.426 e. The first-order valence-corrected chi connectivity index (χ1v) is 11.4. The van der Waals surface area contributed by atoms with Gasteiger partial charge in [0.25, 0.3) is 0 Å². The molecule has 8 heteroatoms. The molecule has 0 aliphatic carbocycles. The van der Waals surface area contributed by atoms with Crippen molar-refractivity contribution in [1.29, 1.82) is 0 Å². The number of Topliss-reactive ketones (excluding diaryl/α,β-unsaturated/α-hetero) is 1. The summed E-state index contributed by atoms with van der Waals surface area (Å²) >= 11 is 12.2. The number of ketones is 1. The lowest BCUT2D eigenvalue weighted by Gasteiger charge is -2.42. The third kappa shape index (κ3) is 5.13. The van der Waals surface area contributed by atoms with Crippen LogP contribution >= 0.6 is 35.6 Å². The topological polar surface area (TPSA) is 58.6 Å². The molecule has 0 bridgehead atoms. The van der Waals surface area contributed by atoms with Crippen LogP contribution in [0.3, 0.4) is 0 Å². The van der Waals surface area contributed by atoms with E-state index in [9.17, 15) is 9.59 Å². The average Bonchev–Trinajstić information content (AvgIpc) is 3.24. The summed E-state index contributed by atoms with van der Waals surface area (Å²) in [7, 11) is 0. The Labute approximate surface area is 204 Å². The Morgan fingerprint density at radius 1 is 1.12 bits per heavy atom. The number of rotatable bonds is 6. The van der Waals surface area contributed by atoms with Crippen molar-refractivity contribution in [1.82, 2.24) is 10.2 Å². The van der Waals surface area contributed by atoms with E-state index >= 15 is 0 Å². The van der Waals surface area contributed by atoms with Crippen LogP contribution in [0.15, 0.2) is 36.4 Å². The molecule has 5 nitrogen and oxygen atoms in total. The largest absolute Gasteiger partial charge is 0.426 e. The minimum atomic E-state index is -0.875. The van der Waals surface area contributed by atoms with Gasteiger partial charge in [-0.1, -0.05) is 41.4 Å². The van der Waals surface area contributed by atoms with E-state index in [1.807, 2.05) is 18.2 Å². The van der Waals surface area contributed by atoms with E-state index < -0.39 is 5.54 Å². The summed E-state index contributed by atoms with van der Waals surface area (Å²) in [5.74, 6) is 0.248. The summed E-state index contributed by atoms with van der Waals surface area (Å²) in [4.78, 5) is 27.9. The molecule has 1 saturated heterocycles. The van der Waals surface area contributed by atoms with Crippen LogP contribution in [0.4, 0.5) is 0 Å². The molecule has 0 saturated carbocycles. The normalized spacial score (nSPS) is 20.3. The maximum Gasteiger partial charge on any atom is 0.308 e. The fourth-order valence-electron chi connectivity index (χ4n) is 4.71. The van der Waals surface area contributed by atoms with E-state index in [2.05, 4.69) is 10.2 Å². The molecule has 2 aliphatic heterocycles. The predicted molar refractivity (Wildman–Crippen MR) is 129 cm³/mol. The van der Waals surface area contributed by atoms with Gasteiger partial charge < -0.3 is 9.64 Å². The number of benzene rings is 2. The SMILES string of the molecule is CC(=O)Oc1cccc2c1CCNC2(CN1CCCC1)C(=O)Cc1ccc(Cl)c(Cl)c1.Cl. The molecule has 32 heavy (non-hydrogen) atoms. The van der Waals surface area contributed by atoms with Crippen LogP contribution < -0.4 is 10.1 Å². The van der Waals surface area contributed by atoms with E-state index in [1.54, 1.807) is 18.2 Å². The molecule has 0 aromatic heterocycles. The smallest absolute Gasteiger partial charge is 0.308 e. The zero-order valence-corrected chi connectivity index (χ0v) is 20.3. The molecule has 1 unspecified atom stereocenters. The fraction of sp³-hybridized carbons (Fsp3) is 0.417. The Balaban J connectivity index is 0.00000289. The highest BCUT2D eigenvalue weighted by Gasteiger charge is 2.45. The molecule has 0 radical (unpaired) electrons. The van der Waals surface area contributed by atoms with Gasteiger partial charge in [-0.25, -0.2) is 0 Å². The van der Waals surface area contributed by atoms with Crippen LogP contribution in [0.1, 0.15) is 36.5 Å².